The van der Waals surface area contributed by atoms with Crippen LogP contribution in [-0.4, -0.2) is 21.9 Å². The maximum absolute atomic E-state index is 12.6. The number of rotatable bonds is 8. The molecule has 36 heavy (non-hydrogen) atoms. The van der Waals surface area contributed by atoms with Crippen LogP contribution >= 0.6 is 0 Å². The molecule has 0 atom stereocenters. The van der Waals surface area contributed by atoms with Gasteiger partial charge in [-0.2, -0.15) is 0 Å². The zero-order chi connectivity index (χ0) is 25.5. The highest BCUT2D eigenvalue weighted by Gasteiger charge is 2.32. The molecule has 1 aromatic heterocycles. The van der Waals surface area contributed by atoms with Crippen LogP contribution in [0.2, 0.25) is 0 Å². The number of aryl methyl sites for hydroxylation is 1. The van der Waals surface area contributed by atoms with Crippen molar-refractivity contribution in [3.63, 3.8) is 0 Å². The normalized spacial score (nSPS) is 17.3. The maximum Gasteiger partial charge on any atom is 0.314 e. The van der Waals surface area contributed by atoms with Gasteiger partial charge >= 0.3 is 11.9 Å². The van der Waals surface area contributed by atoms with Gasteiger partial charge in [-0.05, 0) is 50.2 Å². The number of carbonyl (C=O) groups excluding carboxylic acids is 2. The van der Waals surface area contributed by atoms with Crippen LogP contribution in [0.3, 0.4) is 0 Å². The predicted octanol–water partition coefficient (Wildman–Crippen LogP) is 6.69. The summed E-state index contributed by atoms with van der Waals surface area (Å²) in [6.45, 7) is 7.87. The summed E-state index contributed by atoms with van der Waals surface area (Å²) >= 11 is 0. The standard InChI is InChI=1S/C30H32N2O4/c1-4-5-21(3)35-29(33)25-14-16-26(17-15-25)30(34)36-27-18-31-28(32-19-27)24-12-10-23(11-13-24)22-8-6-20(2)7-9-22/h6-13,18-19,25-26H,3-5,14-17H2,1-2H3. The highest BCUT2D eigenvalue weighted by Crippen LogP contribution is 2.31. The van der Waals surface area contributed by atoms with Gasteiger partial charge in [0.05, 0.1) is 24.2 Å². The van der Waals surface area contributed by atoms with Crippen molar-refractivity contribution in [1.82, 2.24) is 9.97 Å². The summed E-state index contributed by atoms with van der Waals surface area (Å²) in [5, 5.41) is 0. The van der Waals surface area contributed by atoms with E-state index in [1.807, 2.05) is 31.2 Å². The fraction of sp³-hybridized carbons (Fsp3) is 0.333. The number of hydrogen-bond donors (Lipinski definition) is 0. The quantitative estimate of drug-likeness (QED) is 0.262. The van der Waals surface area contributed by atoms with Crippen LogP contribution < -0.4 is 4.74 Å². The van der Waals surface area contributed by atoms with Crippen molar-refractivity contribution in [2.24, 2.45) is 11.8 Å². The third-order valence-electron chi connectivity index (χ3n) is 6.54. The number of carbonyl (C=O) groups is 2. The molecule has 186 valence electrons. The Hall–Kier alpha value is -3.80. The molecule has 1 saturated carbocycles. The molecule has 1 aliphatic rings. The van der Waals surface area contributed by atoms with Crippen molar-refractivity contribution in [3.8, 4) is 28.3 Å². The van der Waals surface area contributed by atoms with Gasteiger partial charge in [0.15, 0.2) is 11.6 Å². The third-order valence-corrected chi connectivity index (χ3v) is 6.54. The van der Waals surface area contributed by atoms with E-state index < -0.39 is 0 Å². The van der Waals surface area contributed by atoms with E-state index in [1.165, 1.54) is 18.0 Å². The second-order valence-electron chi connectivity index (χ2n) is 9.37. The van der Waals surface area contributed by atoms with Crippen LogP contribution in [0.4, 0.5) is 0 Å². The molecule has 0 spiro atoms. The fourth-order valence-corrected chi connectivity index (χ4v) is 4.40. The van der Waals surface area contributed by atoms with Crippen LogP contribution in [0.15, 0.2) is 73.3 Å². The zero-order valence-electron chi connectivity index (χ0n) is 20.9. The van der Waals surface area contributed by atoms with Crippen molar-refractivity contribution < 1.29 is 19.1 Å². The first-order valence-electron chi connectivity index (χ1n) is 12.5. The monoisotopic (exact) mass is 484 g/mol. The molecule has 1 aliphatic carbocycles. The molecule has 6 nitrogen and oxygen atoms in total. The zero-order valence-corrected chi connectivity index (χ0v) is 20.9. The highest BCUT2D eigenvalue weighted by molar-refractivity contribution is 5.77. The van der Waals surface area contributed by atoms with Crippen molar-refractivity contribution in [3.05, 3.63) is 78.8 Å². The Morgan fingerprint density at radius 1 is 0.833 bits per heavy atom. The first kappa shape index (κ1) is 25.3. The minimum atomic E-state index is -0.309. The Morgan fingerprint density at radius 2 is 1.33 bits per heavy atom. The van der Waals surface area contributed by atoms with Crippen LogP contribution in [0.25, 0.3) is 22.5 Å². The Morgan fingerprint density at radius 3 is 1.89 bits per heavy atom. The summed E-state index contributed by atoms with van der Waals surface area (Å²) in [7, 11) is 0. The molecule has 4 rings (SSSR count). The Kier molecular flexibility index (Phi) is 8.26. The van der Waals surface area contributed by atoms with E-state index in [4.69, 9.17) is 9.47 Å². The van der Waals surface area contributed by atoms with Crippen molar-refractivity contribution in [2.45, 2.75) is 52.4 Å². The number of benzene rings is 2. The van der Waals surface area contributed by atoms with Gasteiger partial charge in [-0.15, -0.1) is 0 Å². The molecule has 6 heteroatoms. The van der Waals surface area contributed by atoms with E-state index in [1.54, 1.807) is 0 Å². The average molecular weight is 485 g/mol. The lowest BCUT2D eigenvalue weighted by molar-refractivity contribution is -0.148. The minimum absolute atomic E-state index is 0.192. The number of esters is 2. The van der Waals surface area contributed by atoms with Crippen molar-refractivity contribution >= 4 is 11.9 Å². The number of hydrogen-bond acceptors (Lipinski definition) is 6. The summed E-state index contributed by atoms with van der Waals surface area (Å²) in [4.78, 5) is 33.7. The van der Waals surface area contributed by atoms with Gasteiger partial charge in [0.1, 0.15) is 5.76 Å². The molecule has 1 heterocycles. The molecule has 3 aromatic rings. The van der Waals surface area contributed by atoms with Gasteiger partial charge in [-0.3, -0.25) is 9.59 Å². The molecule has 0 amide bonds. The van der Waals surface area contributed by atoms with Gasteiger partial charge < -0.3 is 9.47 Å². The topological polar surface area (TPSA) is 78.4 Å². The predicted molar refractivity (Wildman–Crippen MR) is 139 cm³/mol. The first-order chi connectivity index (χ1) is 17.4. The van der Waals surface area contributed by atoms with Gasteiger partial charge in [-0.25, -0.2) is 9.97 Å². The molecule has 0 saturated heterocycles. The van der Waals surface area contributed by atoms with E-state index in [0.717, 1.165) is 23.1 Å². The fourth-order valence-electron chi connectivity index (χ4n) is 4.40. The molecule has 0 unspecified atom stereocenters. The Balaban J connectivity index is 1.29. The molecule has 0 aliphatic heterocycles. The van der Waals surface area contributed by atoms with Crippen LogP contribution in [0.5, 0.6) is 5.75 Å². The minimum Gasteiger partial charge on any atom is -0.432 e. The van der Waals surface area contributed by atoms with Gasteiger partial charge in [0.25, 0.3) is 0 Å². The highest BCUT2D eigenvalue weighted by atomic mass is 16.5. The van der Waals surface area contributed by atoms with Crippen molar-refractivity contribution in [1.29, 1.82) is 0 Å². The molecule has 0 radical (unpaired) electrons. The van der Waals surface area contributed by atoms with Crippen molar-refractivity contribution in [2.75, 3.05) is 0 Å². The number of allylic oxidation sites excluding steroid dienone is 1. The van der Waals surface area contributed by atoms with Gasteiger partial charge in [-0.1, -0.05) is 67.6 Å². The average Bonchev–Trinajstić information content (AvgIpc) is 2.90. The molecular formula is C30H32N2O4. The largest absolute Gasteiger partial charge is 0.432 e. The van der Waals surface area contributed by atoms with E-state index in [-0.39, 0.29) is 23.8 Å². The lowest BCUT2D eigenvalue weighted by atomic mass is 9.82. The lowest BCUT2D eigenvalue weighted by Crippen LogP contribution is -2.29. The SMILES string of the molecule is C=C(CCC)OC(=O)C1CCC(C(=O)Oc2cnc(-c3ccc(-c4ccc(C)cc4)cc3)nc2)CC1. The van der Waals surface area contributed by atoms with E-state index in [9.17, 15) is 9.59 Å². The number of aromatic nitrogens is 2. The maximum atomic E-state index is 12.6. The molecule has 1 fully saturated rings. The van der Waals surface area contributed by atoms with Crippen LogP contribution in [0.1, 0.15) is 51.0 Å². The molecule has 2 aromatic carbocycles. The summed E-state index contributed by atoms with van der Waals surface area (Å²) in [6, 6.07) is 16.5. The van der Waals surface area contributed by atoms with E-state index in [2.05, 4.69) is 47.7 Å². The lowest BCUT2D eigenvalue weighted by Gasteiger charge is -2.26. The van der Waals surface area contributed by atoms with Gasteiger partial charge in [0.2, 0.25) is 0 Å². The summed E-state index contributed by atoms with van der Waals surface area (Å²) in [5.74, 6) is 0.401. The molecule has 0 bridgehead atoms. The summed E-state index contributed by atoms with van der Waals surface area (Å²) < 4.78 is 10.9. The second-order valence-corrected chi connectivity index (χ2v) is 9.37. The second kappa shape index (κ2) is 11.8. The van der Waals surface area contributed by atoms with E-state index >= 15 is 0 Å². The summed E-state index contributed by atoms with van der Waals surface area (Å²) in [6.07, 6.45) is 6.99. The Bertz CT molecular complexity index is 1190. The van der Waals surface area contributed by atoms with Crippen LogP contribution in [0, 0.1) is 18.8 Å². The molecular weight excluding hydrogens is 452 g/mol. The smallest absolute Gasteiger partial charge is 0.314 e. The first-order valence-corrected chi connectivity index (χ1v) is 12.5. The summed E-state index contributed by atoms with van der Waals surface area (Å²) in [5.41, 5.74) is 4.39. The third kappa shape index (κ3) is 6.45. The van der Waals surface area contributed by atoms with Crippen LogP contribution in [-0.2, 0) is 14.3 Å². The molecule has 0 N–H and O–H groups in total. The van der Waals surface area contributed by atoms with E-state index in [0.29, 0.717) is 49.4 Å². The Labute approximate surface area is 212 Å². The van der Waals surface area contributed by atoms with Gasteiger partial charge in [0, 0.05) is 12.0 Å². The number of nitrogens with zero attached hydrogens (tertiary/aromatic N) is 2. The number of ether oxygens (including phenoxy) is 2.